The summed E-state index contributed by atoms with van der Waals surface area (Å²) in [5, 5.41) is 0. The molecule has 0 bridgehead atoms. The minimum absolute atomic E-state index is 0.223. The van der Waals surface area contributed by atoms with E-state index in [2.05, 4.69) is 32.9 Å². The maximum absolute atomic E-state index is 6.02. The summed E-state index contributed by atoms with van der Waals surface area (Å²) in [5.41, 5.74) is 10.00. The highest BCUT2D eigenvalue weighted by atomic mass is 16.5. The number of ether oxygens (including phenoxy) is 1. The Kier molecular flexibility index (Phi) is 5.49. The standard InChI is InChI=1S/C15H25NO/c1-5-7-12-10-15(17-4)13(8-11(12)3)9-14(16)6-2/h8,10,14H,5-7,9,16H2,1-4H3. The van der Waals surface area contributed by atoms with Crippen molar-refractivity contribution in [3.8, 4) is 5.75 Å². The summed E-state index contributed by atoms with van der Waals surface area (Å²) in [7, 11) is 1.74. The van der Waals surface area contributed by atoms with E-state index in [4.69, 9.17) is 10.5 Å². The Morgan fingerprint density at radius 1 is 1.24 bits per heavy atom. The Balaban J connectivity index is 3.00. The van der Waals surface area contributed by atoms with Gasteiger partial charge in [0, 0.05) is 6.04 Å². The molecule has 2 nitrogen and oxygen atoms in total. The van der Waals surface area contributed by atoms with E-state index in [-0.39, 0.29) is 6.04 Å². The van der Waals surface area contributed by atoms with E-state index in [1.54, 1.807) is 7.11 Å². The third-order valence-electron chi connectivity index (χ3n) is 3.26. The van der Waals surface area contributed by atoms with E-state index < -0.39 is 0 Å². The average Bonchev–Trinajstić information content (AvgIpc) is 2.32. The van der Waals surface area contributed by atoms with Crippen molar-refractivity contribution >= 4 is 0 Å². The van der Waals surface area contributed by atoms with Crippen molar-refractivity contribution in [2.24, 2.45) is 5.73 Å². The van der Waals surface area contributed by atoms with Gasteiger partial charge in [-0.1, -0.05) is 26.3 Å². The van der Waals surface area contributed by atoms with Crippen LogP contribution in [0.25, 0.3) is 0 Å². The maximum atomic E-state index is 6.02. The predicted octanol–water partition coefficient (Wildman–Crippen LogP) is 3.24. The van der Waals surface area contributed by atoms with E-state index in [1.807, 2.05) is 0 Å². The van der Waals surface area contributed by atoms with Crippen LogP contribution in [0.3, 0.4) is 0 Å². The smallest absolute Gasteiger partial charge is 0.122 e. The minimum Gasteiger partial charge on any atom is -0.496 e. The average molecular weight is 235 g/mol. The van der Waals surface area contributed by atoms with Gasteiger partial charge in [-0.25, -0.2) is 0 Å². The number of methoxy groups -OCH3 is 1. The zero-order valence-corrected chi connectivity index (χ0v) is 11.5. The van der Waals surface area contributed by atoms with Crippen molar-refractivity contribution in [1.29, 1.82) is 0 Å². The highest BCUT2D eigenvalue weighted by Crippen LogP contribution is 2.25. The number of nitrogens with two attached hydrogens (primary N) is 1. The largest absolute Gasteiger partial charge is 0.496 e. The van der Waals surface area contributed by atoms with Crippen LogP contribution in [-0.4, -0.2) is 13.2 Å². The zero-order chi connectivity index (χ0) is 12.8. The van der Waals surface area contributed by atoms with Crippen LogP contribution in [0.5, 0.6) is 5.75 Å². The van der Waals surface area contributed by atoms with Gasteiger partial charge in [0.15, 0.2) is 0 Å². The summed E-state index contributed by atoms with van der Waals surface area (Å²) < 4.78 is 5.48. The molecule has 96 valence electrons. The van der Waals surface area contributed by atoms with E-state index in [1.165, 1.54) is 16.7 Å². The van der Waals surface area contributed by atoms with Crippen molar-refractivity contribution in [1.82, 2.24) is 0 Å². The molecule has 0 radical (unpaired) electrons. The van der Waals surface area contributed by atoms with Gasteiger partial charge < -0.3 is 10.5 Å². The summed E-state index contributed by atoms with van der Waals surface area (Å²) in [6, 6.07) is 4.64. The van der Waals surface area contributed by atoms with Crippen LogP contribution in [0.2, 0.25) is 0 Å². The molecule has 0 aliphatic heterocycles. The van der Waals surface area contributed by atoms with Crippen LogP contribution in [0.4, 0.5) is 0 Å². The summed E-state index contributed by atoms with van der Waals surface area (Å²) in [4.78, 5) is 0. The van der Waals surface area contributed by atoms with E-state index in [0.29, 0.717) is 0 Å². The van der Waals surface area contributed by atoms with Crippen molar-refractivity contribution < 1.29 is 4.74 Å². The molecule has 2 heteroatoms. The monoisotopic (exact) mass is 235 g/mol. The van der Waals surface area contributed by atoms with Crippen molar-refractivity contribution in [3.63, 3.8) is 0 Å². The number of hydrogen-bond acceptors (Lipinski definition) is 2. The van der Waals surface area contributed by atoms with Gasteiger partial charge in [0.25, 0.3) is 0 Å². The molecule has 1 rings (SSSR count). The van der Waals surface area contributed by atoms with Gasteiger partial charge in [0.05, 0.1) is 7.11 Å². The lowest BCUT2D eigenvalue weighted by Crippen LogP contribution is -2.21. The fraction of sp³-hybridized carbons (Fsp3) is 0.600. The summed E-state index contributed by atoms with van der Waals surface area (Å²) >= 11 is 0. The summed E-state index contributed by atoms with van der Waals surface area (Å²) in [6.07, 6.45) is 4.17. The normalized spacial score (nSPS) is 12.5. The summed E-state index contributed by atoms with van der Waals surface area (Å²) in [5.74, 6) is 0.989. The molecule has 0 aliphatic rings. The molecule has 0 amide bonds. The predicted molar refractivity (Wildman–Crippen MR) is 73.7 cm³/mol. The Hall–Kier alpha value is -1.02. The highest BCUT2D eigenvalue weighted by molar-refractivity contribution is 5.42. The fourth-order valence-corrected chi connectivity index (χ4v) is 2.10. The quantitative estimate of drug-likeness (QED) is 0.821. The van der Waals surface area contributed by atoms with Gasteiger partial charge in [-0.15, -0.1) is 0 Å². The van der Waals surface area contributed by atoms with Crippen LogP contribution in [0.1, 0.15) is 43.4 Å². The maximum Gasteiger partial charge on any atom is 0.122 e. The van der Waals surface area contributed by atoms with Gasteiger partial charge in [0.1, 0.15) is 5.75 Å². The van der Waals surface area contributed by atoms with Crippen LogP contribution in [0.15, 0.2) is 12.1 Å². The number of rotatable bonds is 6. The molecular weight excluding hydrogens is 210 g/mol. The fourth-order valence-electron chi connectivity index (χ4n) is 2.10. The van der Waals surface area contributed by atoms with Gasteiger partial charge in [0.2, 0.25) is 0 Å². The molecule has 0 spiro atoms. The molecule has 1 aromatic rings. The number of hydrogen-bond donors (Lipinski definition) is 1. The van der Waals surface area contributed by atoms with Crippen LogP contribution >= 0.6 is 0 Å². The topological polar surface area (TPSA) is 35.2 Å². The molecule has 0 fully saturated rings. The van der Waals surface area contributed by atoms with Crippen molar-refractivity contribution in [2.75, 3.05) is 7.11 Å². The second-order valence-electron chi connectivity index (χ2n) is 4.71. The first-order valence-electron chi connectivity index (χ1n) is 6.54. The molecule has 2 N–H and O–H groups in total. The lowest BCUT2D eigenvalue weighted by Gasteiger charge is -2.16. The van der Waals surface area contributed by atoms with E-state index >= 15 is 0 Å². The Morgan fingerprint density at radius 2 is 1.94 bits per heavy atom. The highest BCUT2D eigenvalue weighted by Gasteiger charge is 2.10. The molecule has 1 unspecified atom stereocenters. The van der Waals surface area contributed by atoms with Crippen LogP contribution in [0, 0.1) is 6.92 Å². The zero-order valence-electron chi connectivity index (χ0n) is 11.5. The molecule has 0 heterocycles. The van der Waals surface area contributed by atoms with Gasteiger partial charge in [-0.3, -0.25) is 0 Å². The molecule has 17 heavy (non-hydrogen) atoms. The van der Waals surface area contributed by atoms with Gasteiger partial charge >= 0.3 is 0 Å². The first-order chi connectivity index (χ1) is 8.12. The molecule has 0 saturated carbocycles. The molecule has 1 atom stereocenters. The minimum atomic E-state index is 0.223. The third kappa shape index (κ3) is 3.74. The number of aryl methyl sites for hydroxylation is 2. The van der Waals surface area contributed by atoms with E-state index in [9.17, 15) is 0 Å². The Bertz CT molecular complexity index is 360. The first-order valence-corrected chi connectivity index (χ1v) is 6.54. The molecule has 0 aromatic heterocycles. The number of benzene rings is 1. The first kappa shape index (κ1) is 14.0. The lowest BCUT2D eigenvalue weighted by molar-refractivity contribution is 0.407. The molecule has 0 saturated heterocycles. The lowest BCUT2D eigenvalue weighted by atomic mass is 9.96. The second-order valence-corrected chi connectivity index (χ2v) is 4.71. The SMILES string of the molecule is CCCc1cc(OC)c(CC(N)CC)cc1C. The summed E-state index contributed by atoms with van der Waals surface area (Å²) in [6.45, 7) is 6.49. The Labute approximate surface area is 105 Å². The van der Waals surface area contributed by atoms with E-state index in [0.717, 1.165) is 31.4 Å². The van der Waals surface area contributed by atoms with Crippen molar-refractivity contribution in [3.05, 3.63) is 28.8 Å². The van der Waals surface area contributed by atoms with Crippen LogP contribution < -0.4 is 10.5 Å². The van der Waals surface area contributed by atoms with Gasteiger partial charge in [-0.05, 0) is 48.9 Å². The molecule has 0 aliphatic carbocycles. The molecule has 1 aromatic carbocycles. The Morgan fingerprint density at radius 3 is 2.47 bits per heavy atom. The van der Waals surface area contributed by atoms with Crippen LogP contribution in [-0.2, 0) is 12.8 Å². The van der Waals surface area contributed by atoms with Gasteiger partial charge in [-0.2, -0.15) is 0 Å². The third-order valence-corrected chi connectivity index (χ3v) is 3.26. The molecular formula is C15H25NO. The second kappa shape index (κ2) is 6.65. The van der Waals surface area contributed by atoms with Crippen molar-refractivity contribution in [2.45, 2.75) is 52.5 Å².